The Morgan fingerprint density at radius 3 is 2.71 bits per heavy atom. The Hall–Kier alpha value is -0.810. The van der Waals surface area contributed by atoms with Crippen molar-refractivity contribution in [3.05, 3.63) is 34.9 Å². The van der Waals surface area contributed by atoms with Gasteiger partial charge in [-0.2, -0.15) is 0 Å². The molecule has 1 amide bonds. The van der Waals surface area contributed by atoms with Gasteiger partial charge in [0.1, 0.15) is 0 Å². The molecule has 118 valence electrons. The first-order chi connectivity index (χ1) is 9.68. The highest BCUT2D eigenvalue weighted by Gasteiger charge is 2.26. The summed E-state index contributed by atoms with van der Waals surface area (Å²) in [5.41, 5.74) is 7.04. The van der Waals surface area contributed by atoms with E-state index in [0.717, 1.165) is 23.4 Å². The molecular weight excluding hydrogens is 311 g/mol. The predicted molar refractivity (Wildman–Crippen MR) is 86.9 cm³/mol. The van der Waals surface area contributed by atoms with Crippen LogP contribution in [0.4, 0.5) is 0 Å². The number of nitrogens with one attached hydrogen (secondary N) is 1. The number of ether oxygens (including phenoxy) is 1. The molecule has 0 spiro atoms. The van der Waals surface area contributed by atoms with Gasteiger partial charge in [-0.3, -0.25) is 4.79 Å². The fraction of sp³-hybridized carbons (Fsp3) is 0.533. The zero-order valence-corrected chi connectivity index (χ0v) is 13.5. The molecule has 0 bridgehead atoms. The van der Waals surface area contributed by atoms with Crippen LogP contribution in [0.5, 0.6) is 0 Å². The SMILES string of the molecule is Cl.NC(C(=O)NCCc1ccccc1Cl)C1CCOCC1. The van der Waals surface area contributed by atoms with Crippen LogP contribution in [0.15, 0.2) is 24.3 Å². The molecule has 0 aliphatic carbocycles. The Labute approximate surface area is 136 Å². The Morgan fingerprint density at radius 1 is 1.38 bits per heavy atom. The summed E-state index contributed by atoms with van der Waals surface area (Å²) in [4.78, 5) is 12.0. The molecule has 1 aromatic rings. The first-order valence-electron chi connectivity index (χ1n) is 7.03. The van der Waals surface area contributed by atoms with Crippen molar-refractivity contribution in [3.63, 3.8) is 0 Å². The molecule has 3 N–H and O–H groups in total. The van der Waals surface area contributed by atoms with Crippen molar-refractivity contribution in [2.75, 3.05) is 19.8 Å². The molecule has 0 saturated carbocycles. The highest BCUT2D eigenvalue weighted by molar-refractivity contribution is 6.31. The molecule has 1 unspecified atom stereocenters. The van der Waals surface area contributed by atoms with Crippen LogP contribution in [0.1, 0.15) is 18.4 Å². The fourth-order valence-electron chi connectivity index (χ4n) is 2.43. The van der Waals surface area contributed by atoms with Gasteiger partial charge in [0, 0.05) is 24.8 Å². The van der Waals surface area contributed by atoms with Crippen LogP contribution in [-0.2, 0) is 16.0 Å². The lowest BCUT2D eigenvalue weighted by molar-refractivity contribution is -0.124. The molecule has 0 radical (unpaired) electrons. The summed E-state index contributed by atoms with van der Waals surface area (Å²) >= 11 is 6.07. The molecule has 1 heterocycles. The van der Waals surface area contributed by atoms with Crippen molar-refractivity contribution in [1.29, 1.82) is 0 Å². The molecular formula is C15H22Cl2N2O2. The van der Waals surface area contributed by atoms with E-state index >= 15 is 0 Å². The molecule has 1 saturated heterocycles. The van der Waals surface area contributed by atoms with Crippen LogP contribution < -0.4 is 11.1 Å². The third-order valence-corrected chi connectivity index (χ3v) is 4.10. The maximum atomic E-state index is 12.0. The van der Waals surface area contributed by atoms with E-state index in [0.29, 0.717) is 26.2 Å². The van der Waals surface area contributed by atoms with Gasteiger partial charge in [0.25, 0.3) is 0 Å². The van der Waals surface area contributed by atoms with E-state index in [4.69, 9.17) is 22.1 Å². The fourth-order valence-corrected chi connectivity index (χ4v) is 2.66. The average Bonchev–Trinajstić information content (AvgIpc) is 2.49. The zero-order chi connectivity index (χ0) is 14.4. The normalized spacial score (nSPS) is 16.9. The predicted octanol–water partition coefficient (Wildman–Crippen LogP) is 2.17. The summed E-state index contributed by atoms with van der Waals surface area (Å²) in [6.07, 6.45) is 2.43. The number of rotatable bonds is 5. The van der Waals surface area contributed by atoms with Crippen molar-refractivity contribution in [1.82, 2.24) is 5.32 Å². The number of hydrogen-bond acceptors (Lipinski definition) is 3. The van der Waals surface area contributed by atoms with Crippen molar-refractivity contribution in [2.45, 2.75) is 25.3 Å². The standard InChI is InChI=1S/C15H21ClN2O2.ClH/c16-13-4-2-1-3-11(13)5-8-18-15(19)14(17)12-6-9-20-10-7-12;/h1-4,12,14H,5-10,17H2,(H,18,19);1H. The van der Waals surface area contributed by atoms with Gasteiger partial charge in [-0.1, -0.05) is 29.8 Å². The van der Waals surface area contributed by atoms with E-state index in [1.165, 1.54) is 0 Å². The number of carbonyl (C=O) groups is 1. The third-order valence-electron chi connectivity index (χ3n) is 3.73. The molecule has 1 aliphatic rings. The molecule has 1 aromatic carbocycles. The van der Waals surface area contributed by atoms with Gasteiger partial charge < -0.3 is 15.8 Å². The minimum absolute atomic E-state index is 0. The Bertz CT molecular complexity index is 451. The van der Waals surface area contributed by atoms with Crippen LogP contribution in [0.25, 0.3) is 0 Å². The number of nitrogens with two attached hydrogens (primary N) is 1. The first-order valence-corrected chi connectivity index (χ1v) is 7.40. The van der Waals surface area contributed by atoms with Crippen LogP contribution in [-0.4, -0.2) is 31.7 Å². The molecule has 1 fully saturated rings. The summed E-state index contributed by atoms with van der Waals surface area (Å²) < 4.78 is 5.28. The number of benzene rings is 1. The largest absolute Gasteiger partial charge is 0.381 e. The smallest absolute Gasteiger partial charge is 0.237 e. The topological polar surface area (TPSA) is 64.4 Å². The number of halogens is 2. The van der Waals surface area contributed by atoms with E-state index in [1.807, 2.05) is 24.3 Å². The highest BCUT2D eigenvalue weighted by Crippen LogP contribution is 2.18. The number of hydrogen-bond donors (Lipinski definition) is 2. The molecule has 1 aliphatic heterocycles. The zero-order valence-electron chi connectivity index (χ0n) is 11.9. The summed E-state index contributed by atoms with van der Waals surface area (Å²) in [6, 6.07) is 7.21. The number of amides is 1. The molecule has 2 rings (SSSR count). The Kier molecular flexibility index (Phi) is 8.04. The Morgan fingerprint density at radius 2 is 2.05 bits per heavy atom. The second-order valence-corrected chi connectivity index (χ2v) is 5.52. The summed E-state index contributed by atoms with van der Waals surface area (Å²) in [5.74, 6) is 0.146. The third kappa shape index (κ3) is 5.47. The van der Waals surface area contributed by atoms with Crippen LogP contribution in [0, 0.1) is 5.92 Å². The van der Waals surface area contributed by atoms with Gasteiger partial charge in [-0.05, 0) is 36.8 Å². The minimum atomic E-state index is -0.440. The van der Waals surface area contributed by atoms with Gasteiger partial charge in [0.2, 0.25) is 5.91 Å². The van der Waals surface area contributed by atoms with Crippen molar-refractivity contribution >= 4 is 29.9 Å². The minimum Gasteiger partial charge on any atom is -0.381 e. The second kappa shape index (κ2) is 9.26. The highest BCUT2D eigenvalue weighted by atomic mass is 35.5. The quantitative estimate of drug-likeness (QED) is 0.868. The van der Waals surface area contributed by atoms with Crippen molar-refractivity contribution in [2.24, 2.45) is 11.7 Å². The maximum Gasteiger partial charge on any atom is 0.237 e. The van der Waals surface area contributed by atoms with Gasteiger partial charge >= 0.3 is 0 Å². The molecule has 1 atom stereocenters. The van der Waals surface area contributed by atoms with Crippen LogP contribution >= 0.6 is 24.0 Å². The van der Waals surface area contributed by atoms with Gasteiger partial charge in [0.15, 0.2) is 0 Å². The molecule has 21 heavy (non-hydrogen) atoms. The number of carbonyl (C=O) groups excluding carboxylic acids is 1. The Balaban J connectivity index is 0.00000220. The van der Waals surface area contributed by atoms with Gasteiger partial charge in [0.05, 0.1) is 6.04 Å². The summed E-state index contributed by atoms with van der Waals surface area (Å²) in [6.45, 7) is 1.95. The lowest BCUT2D eigenvalue weighted by Crippen LogP contribution is -2.47. The second-order valence-electron chi connectivity index (χ2n) is 5.11. The lowest BCUT2D eigenvalue weighted by Gasteiger charge is -2.26. The molecule has 0 aromatic heterocycles. The van der Waals surface area contributed by atoms with Gasteiger partial charge in [-0.25, -0.2) is 0 Å². The van der Waals surface area contributed by atoms with Crippen LogP contribution in [0.2, 0.25) is 5.02 Å². The van der Waals surface area contributed by atoms with Crippen molar-refractivity contribution in [3.8, 4) is 0 Å². The summed E-state index contributed by atoms with van der Waals surface area (Å²) in [5, 5.41) is 3.62. The van der Waals surface area contributed by atoms with Crippen LogP contribution in [0.3, 0.4) is 0 Å². The molecule has 4 nitrogen and oxygen atoms in total. The average molecular weight is 333 g/mol. The van der Waals surface area contributed by atoms with E-state index in [2.05, 4.69) is 5.32 Å². The first kappa shape index (κ1) is 18.2. The monoisotopic (exact) mass is 332 g/mol. The van der Waals surface area contributed by atoms with E-state index in [-0.39, 0.29) is 24.2 Å². The molecule has 6 heteroatoms. The lowest BCUT2D eigenvalue weighted by atomic mass is 9.92. The van der Waals surface area contributed by atoms with E-state index in [1.54, 1.807) is 0 Å². The van der Waals surface area contributed by atoms with Crippen molar-refractivity contribution < 1.29 is 9.53 Å². The maximum absolute atomic E-state index is 12.0. The van der Waals surface area contributed by atoms with E-state index < -0.39 is 6.04 Å². The van der Waals surface area contributed by atoms with E-state index in [9.17, 15) is 4.79 Å². The van der Waals surface area contributed by atoms with Gasteiger partial charge in [-0.15, -0.1) is 12.4 Å². The summed E-state index contributed by atoms with van der Waals surface area (Å²) in [7, 11) is 0.